The minimum absolute atomic E-state index is 0.295. The van der Waals surface area contributed by atoms with Gasteiger partial charge in [-0.1, -0.05) is 46.9 Å². The van der Waals surface area contributed by atoms with E-state index in [-0.39, 0.29) is 0 Å². The molecule has 3 N–H and O–H groups in total. The minimum atomic E-state index is -0.802. The Labute approximate surface area is 145 Å². The van der Waals surface area contributed by atoms with E-state index in [1.807, 2.05) is 0 Å². The number of primary amides is 1. The molecule has 0 aliphatic rings. The summed E-state index contributed by atoms with van der Waals surface area (Å²) < 4.78 is 0.703. The van der Waals surface area contributed by atoms with E-state index < -0.39 is 11.9 Å². The summed E-state index contributed by atoms with van der Waals surface area (Å²) in [5, 5.41) is 4.25. The van der Waals surface area contributed by atoms with Crippen LogP contribution in [-0.4, -0.2) is 5.91 Å². The van der Waals surface area contributed by atoms with E-state index in [4.69, 9.17) is 40.5 Å². The second-order valence-corrected chi connectivity index (χ2v) is 6.30. The Hall–Kier alpha value is -0.940. The summed E-state index contributed by atoms with van der Waals surface area (Å²) in [6.07, 6.45) is 0. The van der Waals surface area contributed by atoms with Gasteiger partial charge in [0.15, 0.2) is 0 Å². The van der Waals surface area contributed by atoms with Gasteiger partial charge in [0.1, 0.15) is 6.04 Å². The summed E-state index contributed by atoms with van der Waals surface area (Å²) in [5.41, 5.74) is 6.65. The average molecular weight is 409 g/mol. The summed E-state index contributed by atoms with van der Waals surface area (Å²) in [5.74, 6) is -0.565. The van der Waals surface area contributed by atoms with E-state index >= 15 is 0 Å². The van der Waals surface area contributed by atoms with Gasteiger partial charge < -0.3 is 11.1 Å². The molecule has 0 aliphatic carbocycles. The number of halogens is 4. The maximum atomic E-state index is 11.7. The van der Waals surface area contributed by atoms with Gasteiger partial charge in [0.05, 0.1) is 15.1 Å². The van der Waals surface area contributed by atoms with Crippen LogP contribution in [0.15, 0.2) is 40.9 Å². The van der Waals surface area contributed by atoms with Crippen molar-refractivity contribution in [3.63, 3.8) is 0 Å². The molecule has 0 heterocycles. The molecule has 0 fully saturated rings. The SMILES string of the molecule is NC(=O)C(Nc1ccc(Cl)c(Br)c1)c1cccc(Cl)c1Cl. The molecule has 0 radical (unpaired) electrons. The first-order valence-electron chi connectivity index (χ1n) is 5.85. The molecule has 7 heteroatoms. The second-order valence-electron chi connectivity index (χ2n) is 4.25. The Balaban J connectivity index is 2.38. The molecule has 0 saturated carbocycles. The van der Waals surface area contributed by atoms with Crippen LogP contribution >= 0.6 is 50.7 Å². The molecule has 1 unspecified atom stereocenters. The monoisotopic (exact) mass is 406 g/mol. The predicted molar refractivity (Wildman–Crippen MR) is 91.2 cm³/mol. The van der Waals surface area contributed by atoms with Crippen molar-refractivity contribution in [2.24, 2.45) is 5.73 Å². The summed E-state index contributed by atoms with van der Waals surface area (Å²) in [6, 6.07) is 9.43. The van der Waals surface area contributed by atoms with E-state index in [2.05, 4.69) is 21.2 Å². The number of nitrogens with two attached hydrogens (primary N) is 1. The lowest BCUT2D eigenvalue weighted by molar-refractivity contribution is -0.118. The van der Waals surface area contributed by atoms with Gasteiger partial charge in [-0.2, -0.15) is 0 Å². The zero-order valence-electron chi connectivity index (χ0n) is 10.5. The Bertz CT molecular complexity index is 694. The van der Waals surface area contributed by atoms with Gasteiger partial charge in [-0.25, -0.2) is 0 Å². The second kappa shape index (κ2) is 6.88. The number of hydrogen-bond acceptors (Lipinski definition) is 2. The van der Waals surface area contributed by atoms with Crippen molar-refractivity contribution in [3.8, 4) is 0 Å². The predicted octanol–water partition coefficient (Wildman–Crippen LogP) is 5.05. The fraction of sp³-hybridized carbons (Fsp3) is 0.0714. The lowest BCUT2D eigenvalue weighted by Crippen LogP contribution is -2.28. The highest BCUT2D eigenvalue weighted by molar-refractivity contribution is 9.10. The first kappa shape index (κ1) is 16.4. The van der Waals surface area contributed by atoms with Crippen LogP contribution < -0.4 is 11.1 Å². The number of carbonyl (C=O) groups is 1. The number of hydrogen-bond donors (Lipinski definition) is 2. The fourth-order valence-corrected chi connectivity index (χ4v) is 2.71. The van der Waals surface area contributed by atoms with Crippen molar-refractivity contribution in [2.75, 3.05) is 5.32 Å². The molecule has 21 heavy (non-hydrogen) atoms. The van der Waals surface area contributed by atoms with Crippen molar-refractivity contribution in [1.82, 2.24) is 0 Å². The Kier molecular flexibility index (Phi) is 5.38. The Morgan fingerprint density at radius 1 is 1.14 bits per heavy atom. The van der Waals surface area contributed by atoms with E-state index in [1.54, 1.807) is 36.4 Å². The highest BCUT2D eigenvalue weighted by Crippen LogP contribution is 2.33. The molecule has 2 aromatic carbocycles. The Morgan fingerprint density at radius 3 is 2.48 bits per heavy atom. The van der Waals surface area contributed by atoms with Crippen LogP contribution in [0, 0.1) is 0 Å². The first-order valence-corrected chi connectivity index (χ1v) is 7.77. The number of amides is 1. The minimum Gasteiger partial charge on any atom is -0.370 e. The molecule has 1 atom stereocenters. The summed E-state index contributed by atoms with van der Waals surface area (Å²) in [4.78, 5) is 11.7. The van der Waals surface area contributed by atoms with Crippen molar-refractivity contribution < 1.29 is 4.79 Å². The lowest BCUT2D eigenvalue weighted by atomic mass is 10.1. The standard InChI is InChI=1S/C14H10BrCl3N2O/c15-9-6-7(4-5-10(9)16)20-13(14(19)21)8-2-1-3-11(17)12(8)18/h1-6,13,20H,(H2,19,21). The van der Waals surface area contributed by atoms with Gasteiger partial charge in [0.2, 0.25) is 5.91 Å². The van der Waals surface area contributed by atoms with Gasteiger partial charge >= 0.3 is 0 Å². The highest BCUT2D eigenvalue weighted by atomic mass is 79.9. The van der Waals surface area contributed by atoms with E-state index in [9.17, 15) is 4.79 Å². The van der Waals surface area contributed by atoms with Crippen LogP contribution in [0.25, 0.3) is 0 Å². The van der Waals surface area contributed by atoms with Crippen molar-refractivity contribution in [3.05, 3.63) is 61.5 Å². The van der Waals surface area contributed by atoms with Crippen LogP contribution in [0.4, 0.5) is 5.69 Å². The summed E-state index contributed by atoms with van der Waals surface area (Å²) in [6.45, 7) is 0. The maximum absolute atomic E-state index is 11.7. The number of rotatable bonds is 4. The van der Waals surface area contributed by atoms with Crippen LogP contribution in [0.1, 0.15) is 11.6 Å². The molecule has 0 saturated heterocycles. The van der Waals surface area contributed by atoms with Crippen molar-refractivity contribution >= 4 is 62.3 Å². The average Bonchev–Trinajstić information content (AvgIpc) is 2.43. The first-order chi connectivity index (χ1) is 9.90. The molecule has 0 aromatic heterocycles. The topological polar surface area (TPSA) is 55.1 Å². The zero-order valence-corrected chi connectivity index (χ0v) is 14.4. The van der Waals surface area contributed by atoms with Gasteiger partial charge in [0, 0.05) is 15.7 Å². The molecule has 3 nitrogen and oxygen atoms in total. The van der Waals surface area contributed by atoms with Crippen LogP contribution in [0.3, 0.4) is 0 Å². The smallest absolute Gasteiger partial charge is 0.244 e. The number of carbonyl (C=O) groups excluding carboxylic acids is 1. The van der Waals surface area contributed by atoms with E-state index in [0.717, 1.165) is 0 Å². The van der Waals surface area contributed by atoms with Crippen LogP contribution in [0.5, 0.6) is 0 Å². The van der Waals surface area contributed by atoms with E-state index in [1.165, 1.54) is 0 Å². The molecule has 0 bridgehead atoms. The van der Waals surface area contributed by atoms with Gasteiger partial charge in [-0.05, 0) is 40.2 Å². The number of benzene rings is 2. The summed E-state index contributed by atoms with van der Waals surface area (Å²) >= 11 is 21.4. The molecule has 110 valence electrons. The maximum Gasteiger partial charge on any atom is 0.244 e. The largest absolute Gasteiger partial charge is 0.370 e. The highest BCUT2D eigenvalue weighted by Gasteiger charge is 2.21. The number of nitrogens with one attached hydrogen (secondary N) is 1. The van der Waals surface area contributed by atoms with Crippen molar-refractivity contribution in [1.29, 1.82) is 0 Å². The molecular weight excluding hydrogens is 398 g/mol. The van der Waals surface area contributed by atoms with Crippen molar-refractivity contribution in [2.45, 2.75) is 6.04 Å². The summed E-state index contributed by atoms with van der Waals surface area (Å²) in [7, 11) is 0. The quantitative estimate of drug-likeness (QED) is 0.744. The fourth-order valence-electron chi connectivity index (χ4n) is 1.80. The molecule has 0 aliphatic heterocycles. The molecule has 1 amide bonds. The lowest BCUT2D eigenvalue weighted by Gasteiger charge is -2.19. The third-order valence-corrected chi connectivity index (χ3v) is 4.86. The molecular formula is C14H10BrCl3N2O. The van der Waals surface area contributed by atoms with Gasteiger partial charge in [-0.15, -0.1) is 0 Å². The normalized spacial score (nSPS) is 12.0. The van der Waals surface area contributed by atoms with Gasteiger partial charge in [-0.3, -0.25) is 4.79 Å². The van der Waals surface area contributed by atoms with Crippen LogP contribution in [0.2, 0.25) is 15.1 Å². The van der Waals surface area contributed by atoms with Gasteiger partial charge in [0.25, 0.3) is 0 Å². The third kappa shape index (κ3) is 3.83. The van der Waals surface area contributed by atoms with E-state index in [0.29, 0.717) is 30.8 Å². The molecule has 0 spiro atoms. The molecule has 2 aromatic rings. The molecule has 2 rings (SSSR count). The zero-order chi connectivity index (χ0) is 15.6. The third-order valence-electron chi connectivity index (χ3n) is 2.81. The van der Waals surface area contributed by atoms with Crippen LogP contribution in [-0.2, 0) is 4.79 Å². The Morgan fingerprint density at radius 2 is 1.86 bits per heavy atom. The number of anilines is 1.